The van der Waals surface area contributed by atoms with Crippen molar-refractivity contribution in [1.29, 1.82) is 0 Å². The topological polar surface area (TPSA) is 84.9 Å². The van der Waals surface area contributed by atoms with Crippen molar-refractivity contribution >= 4 is 40.8 Å². The first-order valence-corrected chi connectivity index (χ1v) is 9.59. The normalized spacial score (nSPS) is 15.9. The van der Waals surface area contributed by atoms with Crippen LogP contribution in [-0.2, 0) is 19.1 Å². The van der Waals surface area contributed by atoms with Gasteiger partial charge in [0.25, 0.3) is 5.91 Å². The number of nitrogens with zero attached hydrogens (tertiary/aromatic N) is 1. The highest BCUT2D eigenvalue weighted by molar-refractivity contribution is 6.31. The van der Waals surface area contributed by atoms with Crippen LogP contribution in [0.4, 0.5) is 11.4 Å². The van der Waals surface area contributed by atoms with Gasteiger partial charge in [0, 0.05) is 29.4 Å². The first-order chi connectivity index (χ1) is 14.0. The monoisotopic (exact) mass is 416 g/mol. The number of benzene rings is 2. The van der Waals surface area contributed by atoms with Crippen LogP contribution in [0.3, 0.4) is 0 Å². The number of hydrogen-bond donors (Lipinski definition) is 1. The molecule has 8 heteroatoms. The summed E-state index contributed by atoms with van der Waals surface area (Å²) in [6, 6.07) is 13.7. The highest BCUT2D eigenvalue weighted by Crippen LogP contribution is 2.27. The third-order valence-electron chi connectivity index (χ3n) is 4.37. The van der Waals surface area contributed by atoms with Gasteiger partial charge in [-0.05, 0) is 49.4 Å². The van der Waals surface area contributed by atoms with E-state index in [-0.39, 0.29) is 18.9 Å². The number of carbonyl (C=O) groups excluding carboxylic acids is 3. The molecule has 0 unspecified atom stereocenters. The summed E-state index contributed by atoms with van der Waals surface area (Å²) in [7, 11) is 0. The van der Waals surface area contributed by atoms with E-state index in [9.17, 15) is 14.4 Å². The molecule has 1 N–H and O–H groups in total. The third kappa shape index (κ3) is 5.48. The Balaban J connectivity index is 1.49. The average molecular weight is 417 g/mol. The zero-order chi connectivity index (χ0) is 20.8. The molecule has 1 aliphatic heterocycles. The smallest absolute Gasteiger partial charge is 0.311 e. The Morgan fingerprint density at radius 1 is 1.21 bits per heavy atom. The first-order valence-electron chi connectivity index (χ1n) is 9.21. The maximum atomic E-state index is 12.3. The maximum Gasteiger partial charge on any atom is 0.311 e. The van der Waals surface area contributed by atoms with E-state index in [1.807, 2.05) is 6.92 Å². The fraction of sp³-hybridized carbons (Fsp3) is 0.286. The standard InChI is InChI=1S/C21H21ClN2O5/c1-2-28-18-8-6-16(7-9-18)23-19(25)13-29-21(27)14-10-20(26)24(12-14)17-5-3-4-15(22)11-17/h3-9,11,14H,2,10,12-13H2,1H3,(H,23,25)/t14-/m0/s1. The van der Waals surface area contributed by atoms with Crippen molar-refractivity contribution in [3.8, 4) is 5.75 Å². The molecule has 0 aromatic heterocycles. The maximum absolute atomic E-state index is 12.3. The van der Waals surface area contributed by atoms with E-state index in [0.717, 1.165) is 0 Å². The van der Waals surface area contributed by atoms with Crippen LogP contribution in [0.15, 0.2) is 48.5 Å². The molecule has 0 bridgehead atoms. The Kier molecular flexibility index (Phi) is 6.72. The zero-order valence-electron chi connectivity index (χ0n) is 15.9. The predicted molar refractivity (Wildman–Crippen MR) is 109 cm³/mol. The van der Waals surface area contributed by atoms with Crippen molar-refractivity contribution < 1.29 is 23.9 Å². The van der Waals surface area contributed by atoms with Gasteiger partial charge in [0.05, 0.1) is 12.5 Å². The van der Waals surface area contributed by atoms with Crippen LogP contribution in [0.25, 0.3) is 0 Å². The highest BCUT2D eigenvalue weighted by atomic mass is 35.5. The third-order valence-corrected chi connectivity index (χ3v) is 4.61. The lowest BCUT2D eigenvalue weighted by Crippen LogP contribution is -2.28. The van der Waals surface area contributed by atoms with E-state index in [1.165, 1.54) is 4.90 Å². The van der Waals surface area contributed by atoms with Gasteiger partial charge >= 0.3 is 5.97 Å². The number of rotatable bonds is 7. The first kappa shape index (κ1) is 20.7. The molecule has 2 amide bonds. The second kappa shape index (κ2) is 9.43. The van der Waals surface area contributed by atoms with E-state index in [0.29, 0.717) is 28.8 Å². The Morgan fingerprint density at radius 2 is 1.97 bits per heavy atom. The molecule has 1 aliphatic rings. The van der Waals surface area contributed by atoms with Gasteiger partial charge in [0.15, 0.2) is 6.61 Å². The van der Waals surface area contributed by atoms with Gasteiger partial charge in [-0.15, -0.1) is 0 Å². The lowest BCUT2D eigenvalue weighted by molar-refractivity contribution is -0.151. The van der Waals surface area contributed by atoms with Crippen molar-refractivity contribution in [1.82, 2.24) is 0 Å². The molecule has 2 aromatic carbocycles. The average Bonchev–Trinajstić information content (AvgIpc) is 3.10. The Bertz CT molecular complexity index is 900. The molecule has 0 saturated carbocycles. The number of halogens is 1. The molecule has 2 aromatic rings. The Morgan fingerprint density at radius 3 is 2.66 bits per heavy atom. The van der Waals surface area contributed by atoms with E-state index in [1.54, 1.807) is 48.5 Å². The van der Waals surface area contributed by atoms with Crippen molar-refractivity contribution in [2.45, 2.75) is 13.3 Å². The summed E-state index contributed by atoms with van der Waals surface area (Å²) in [4.78, 5) is 38.0. The molecule has 1 heterocycles. The number of nitrogens with one attached hydrogen (secondary N) is 1. The van der Waals surface area contributed by atoms with Crippen LogP contribution in [0, 0.1) is 5.92 Å². The zero-order valence-corrected chi connectivity index (χ0v) is 16.6. The van der Waals surface area contributed by atoms with Gasteiger partial charge in [-0.25, -0.2) is 0 Å². The molecule has 152 valence electrons. The van der Waals surface area contributed by atoms with Crippen LogP contribution < -0.4 is 15.0 Å². The van der Waals surface area contributed by atoms with Crippen LogP contribution in [-0.4, -0.2) is 37.5 Å². The van der Waals surface area contributed by atoms with Gasteiger partial charge in [0.1, 0.15) is 5.75 Å². The van der Waals surface area contributed by atoms with Gasteiger partial charge < -0.3 is 19.7 Å². The second-order valence-electron chi connectivity index (χ2n) is 6.50. The highest BCUT2D eigenvalue weighted by Gasteiger charge is 2.36. The van der Waals surface area contributed by atoms with E-state index in [2.05, 4.69) is 5.32 Å². The molecule has 0 aliphatic carbocycles. The number of esters is 1. The molecular formula is C21H21ClN2O5. The summed E-state index contributed by atoms with van der Waals surface area (Å²) in [6.07, 6.45) is 0.0336. The molecule has 0 spiro atoms. The van der Waals surface area contributed by atoms with E-state index in [4.69, 9.17) is 21.1 Å². The van der Waals surface area contributed by atoms with Crippen LogP contribution in [0.1, 0.15) is 13.3 Å². The number of amides is 2. The summed E-state index contributed by atoms with van der Waals surface area (Å²) >= 11 is 5.96. The lowest BCUT2D eigenvalue weighted by Gasteiger charge is -2.16. The minimum Gasteiger partial charge on any atom is -0.494 e. The van der Waals surface area contributed by atoms with Gasteiger partial charge in [-0.3, -0.25) is 14.4 Å². The summed E-state index contributed by atoms with van der Waals surface area (Å²) < 4.78 is 10.4. The minimum absolute atomic E-state index is 0.0336. The Hall–Kier alpha value is -3.06. The second-order valence-corrected chi connectivity index (χ2v) is 6.93. The van der Waals surface area contributed by atoms with Gasteiger partial charge in [-0.2, -0.15) is 0 Å². The Labute approximate surface area is 173 Å². The quantitative estimate of drug-likeness (QED) is 0.700. The predicted octanol–water partition coefficient (Wildman–Crippen LogP) is 3.27. The fourth-order valence-corrected chi connectivity index (χ4v) is 3.20. The van der Waals surface area contributed by atoms with Crippen LogP contribution in [0.2, 0.25) is 5.02 Å². The number of carbonyl (C=O) groups is 3. The van der Waals surface area contributed by atoms with Crippen LogP contribution >= 0.6 is 11.6 Å². The van der Waals surface area contributed by atoms with Crippen molar-refractivity contribution in [2.24, 2.45) is 5.92 Å². The molecule has 0 radical (unpaired) electrons. The number of hydrogen-bond acceptors (Lipinski definition) is 5. The van der Waals surface area contributed by atoms with Crippen molar-refractivity contribution in [2.75, 3.05) is 30.0 Å². The van der Waals surface area contributed by atoms with Crippen LogP contribution in [0.5, 0.6) is 5.75 Å². The summed E-state index contributed by atoms with van der Waals surface area (Å²) in [6.45, 7) is 2.21. The molecule has 1 fully saturated rings. The van der Waals surface area contributed by atoms with E-state index < -0.39 is 24.4 Å². The minimum atomic E-state index is -0.625. The summed E-state index contributed by atoms with van der Waals surface area (Å²) in [5, 5.41) is 3.15. The molecule has 1 atom stereocenters. The largest absolute Gasteiger partial charge is 0.494 e. The number of ether oxygens (including phenoxy) is 2. The lowest BCUT2D eigenvalue weighted by atomic mass is 10.1. The van der Waals surface area contributed by atoms with Gasteiger partial charge in [-0.1, -0.05) is 17.7 Å². The molecule has 7 nitrogen and oxygen atoms in total. The molecule has 3 rings (SSSR count). The molecule has 29 heavy (non-hydrogen) atoms. The molecule has 1 saturated heterocycles. The number of anilines is 2. The van der Waals surface area contributed by atoms with Crippen molar-refractivity contribution in [3.05, 3.63) is 53.6 Å². The SMILES string of the molecule is CCOc1ccc(NC(=O)COC(=O)[C@H]2CC(=O)N(c3cccc(Cl)c3)C2)cc1. The summed E-state index contributed by atoms with van der Waals surface area (Å²) in [5.41, 5.74) is 1.20. The fourth-order valence-electron chi connectivity index (χ4n) is 3.01. The summed E-state index contributed by atoms with van der Waals surface area (Å²) in [5.74, 6) is -1.15. The molecular weight excluding hydrogens is 396 g/mol. The van der Waals surface area contributed by atoms with Gasteiger partial charge in [0.2, 0.25) is 5.91 Å². The van der Waals surface area contributed by atoms with E-state index >= 15 is 0 Å². The van der Waals surface area contributed by atoms with Crippen molar-refractivity contribution in [3.63, 3.8) is 0 Å².